The lowest BCUT2D eigenvalue weighted by Crippen LogP contribution is -2.77. The summed E-state index contributed by atoms with van der Waals surface area (Å²) >= 11 is 0.648. The zero-order valence-corrected chi connectivity index (χ0v) is 51.7. The summed E-state index contributed by atoms with van der Waals surface area (Å²) in [6, 6.07) is 6.29. The Morgan fingerprint density at radius 2 is 1.14 bits per heavy atom. The van der Waals surface area contributed by atoms with Crippen LogP contribution in [0, 0.1) is 0 Å². The molecule has 474 valence electrons. The molecule has 3 aliphatic heterocycles. The monoisotopic (exact) mass is 1250 g/mol. The van der Waals surface area contributed by atoms with E-state index >= 15 is 4.79 Å². The Morgan fingerprint density at radius 3 is 1.64 bits per heavy atom. The van der Waals surface area contributed by atoms with Crippen LogP contribution in [0.4, 0.5) is 0 Å². The number of carbonyl (C=O) groups is 12. The van der Waals surface area contributed by atoms with Crippen LogP contribution in [0.25, 0.3) is 0 Å². The summed E-state index contributed by atoms with van der Waals surface area (Å²) in [6.07, 6.45) is -25.3. The molecule has 0 N–H and O–H groups in total. The number of benzene rings is 1. The topological polar surface area (TPSA) is 356 Å². The molecule has 3 saturated heterocycles. The van der Waals surface area contributed by atoms with Gasteiger partial charge in [-0.25, -0.2) is 4.79 Å². The Labute approximate surface area is 495 Å². The lowest BCUT2D eigenvalue weighted by molar-refractivity contribution is -0.381. The summed E-state index contributed by atoms with van der Waals surface area (Å²) < 4.78 is 95.9. The predicted molar refractivity (Wildman–Crippen MR) is 287 cm³/mol. The number of methoxy groups -OCH3 is 1. The fourth-order valence-corrected chi connectivity index (χ4v) is 11.5. The second kappa shape index (κ2) is 31.7. The average molecular weight is 1250 g/mol. The SMILES string of the molecule is COC(=O)[C@]1(O[C@H]2[C@@H](OC(C)=O)[C@@H](COC(C)=O)O[C@@H](O[C@@H]3CO[C@@H](OCC[Si](C)(C)C)[C@H](OC(C)=O)[C@H]3OC(C)=O)[C@@H]2OC(C)=O)O[C@@H]([C@H](OC(C)=O)[C@@H](COC(C)=O)OC(C)=O)[C@H](N(C(C)=O)C(C)=O)[C@@H](OC(C)=O)[C@@H]1Sc1ccccc1. The molecule has 0 spiro atoms. The number of hydrogen-bond donors (Lipinski definition) is 0. The van der Waals surface area contributed by atoms with Crippen LogP contribution in [0.2, 0.25) is 25.7 Å². The number of thioether (sulfide) groups is 1. The fraction of sp³-hybridized carbons (Fsp3) is 0.667. The summed E-state index contributed by atoms with van der Waals surface area (Å²) in [5.74, 6) is -16.4. The highest BCUT2D eigenvalue weighted by Gasteiger charge is 2.70. The third-order valence-corrected chi connectivity index (χ3v) is 15.6. The van der Waals surface area contributed by atoms with Crippen molar-refractivity contribution in [3.63, 3.8) is 0 Å². The Morgan fingerprint density at radius 1 is 0.624 bits per heavy atom. The van der Waals surface area contributed by atoms with Gasteiger partial charge in [0.15, 0.2) is 49.2 Å². The number of carbonyl (C=O) groups excluding carboxylic acids is 12. The van der Waals surface area contributed by atoms with Crippen molar-refractivity contribution in [1.29, 1.82) is 0 Å². The smallest absolute Gasteiger partial charge is 0.368 e. The molecule has 0 bridgehead atoms. The van der Waals surface area contributed by atoms with Gasteiger partial charge in [-0.05, 0) is 18.2 Å². The van der Waals surface area contributed by atoms with E-state index in [2.05, 4.69) is 19.6 Å². The van der Waals surface area contributed by atoms with Crippen LogP contribution in [0.3, 0.4) is 0 Å². The summed E-state index contributed by atoms with van der Waals surface area (Å²) in [5, 5.41) is -2.03. The second-order valence-corrected chi connectivity index (χ2v) is 27.7. The van der Waals surface area contributed by atoms with Crippen LogP contribution in [-0.4, -0.2) is 215 Å². The van der Waals surface area contributed by atoms with Crippen LogP contribution in [0.5, 0.6) is 0 Å². The Hall–Kier alpha value is -6.61. The van der Waals surface area contributed by atoms with Gasteiger partial charge in [-0.3, -0.25) is 57.6 Å². The Bertz CT molecular complexity index is 2570. The molecule has 0 radical (unpaired) electrons. The van der Waals surface area contributed by atoms with Crippen molar-refractivity contribution >= 4 is 91.3 Å². The molecule has 0 unspecified atom stereocenters. The first-order valence-corrected chi connectivity index (χ1v) is 31.3. The third kappa shape index (κ3) is 20.2. The summed E-state index contributed by atoms with van der Waals surface area (Å²) in [6.45, 7) is 14.6. The van der Waals surface area contributed by atoms with Crippen LogP contribution < -0.4 is 0 Å². The largest absolute Gasteiger partial charge is 0.465 e. The first-order valence-electron chi connectivity index (χ1n) is 26.7. The molecule has 3 aliphatic rings. The number of imide groups is 1. The minimum Gasteiger partial charge on any atom is -0.465 e. The van der Waals surface area contributed by atoms with Crippen molar-refractivity contribution < 1.29 is 133 Å². The maximum absolute atomic E-state index is 15.6. The highest BCUT2D eigenvalue weighted by molar-refractivity contribution is 8.00. The van der Waals surface area contributed by atoms with E-state index in [0.717, 1.165) is 83.3 Å². The van der Waals surface area contributed by atoms with Gasteiger partial charge in [0.05, 0.1) is 13.7 Å². The molecule has 4 rings (SSSR count). The van der Waals surface area contributed by atoms with E-state index in [1.807, 2.05) is 0 Å². The van der Waals surface area contributed by atoms with E-state index in [4.69, 9.17) is 75.8 Å². The highest BCUT2D eigenvalue weighted by atomic mass is 32.2. The molecule has 0 saturated carbocycles. The molecule has 0 aliphatic carbocycles. The number of ether oxygens (including phenoxy) is 16. The molecule has 16 atom stereocenters. The summed E-state index contributed by atoms with van der Waals surface area (Å²) in [4.78, 5) is 162. The second-order valence-electron chi connectivity index (χ2n) is 20.9. The molecule has 2 amide bonds. The molecule has 1 aromatic carbocycles. The van der Waals surface area contributed by atoms with Gasteiger partial charge in [0.25, 0.3) is 5.79 Å². The highest BCUT2D eigenvalue weighted by Crippen LogP contribution is 2.49. The number of rotatable bonds is 25. The van der Waals surface area contributed by atoms with E-state index < -0.39 is 196 Å². The van der Waals surface area contributed by atoms with Gasteiger partial charge in [0.2, 0.25) is 11.8 Å². The van der Waals surface area contributed by atoms with Gasteiger partial charge in [-0.15, -0.1) is 11.8 Å². The van der Waals surface area contributed by atoms with Crippen LogP contribution in [0.1, 0.15) is 76.2 Å². The van der Waals surface area contributed by atoms with Crippen LogP contribution in [0.15, 0.2) is 35.2 Å². The van der Waals surface area contributed by atoms with Crippen molar-refractivity contribution in [2.24, 2.45) is 0 Å². The van der Waals surface area contributed by atoms with Crippen molar-refractivity contribution in [2.75, 3.05) is 33.5 Å². The van der Waals surface area contributed by atoms with E-state index in [1.165, 1.54) is 12.1 Å². The molecule has 3 fully saturated rings. The summed E-state index contributed by atoms with van der Waals surface area (Å²) in [5.41, 5.74) is 0. The van der Waals surface area contributed by atoms with Gasteiger partial charge in [0, 0.05) is 95.7 Å². The number of hydrogen-bond acceptors (Lipinski definition) is 29. The first kappa shape index (κ1) is 70.9. The molecule has 29 nitrogen and oxygen atoms in total. The molecule has 85 heavy (non-hydrogen) atoms. The molecule has 31 heteroatoms. The van der Waals surface area contributed by atoms with Crippen LogP contribution >= 0.6 is 11.8 Å². The van der Waals surface area contributed by atoms with Crippen molar-refractivity contribution in [3.05, 3.63) is 30.3 Å². The standard InChI is InChI=1S/C54H75NO28SSi/c1-26(56)55(27(2)57)41-45(42(74-31(6)61)38(73-30(5)60)23-70-28(3)58)82-54(53(67)68-12,50(46(41)77-34(9)64)84-37-19-17-16-18-20-37)83-47-43(75-32(7)62)39(24-71-29(4)59)80-52(49(47)79-36(11)66)81-40-25-72-51(69-21-22-85(13,14)15)48(78-35(10)65)44(40)76-33(8)63/h16-20,38-52H,21-25H2,1-15H3/t38-,39-,40-,41+,42-,43+,44+,45-,46-,47+,48-,49-,50+,51-,52+,54+/m1/s1. The van der Waals surface area contributed by atoms with Gasteiger partial charge < -0.3 is 75.8 Å². The first-order chi connectivity index (χ1) is 39.7. The third-order valence-electron chi connectivity index (χ3n) is 12.6. The molecule has 3 heterocycles. The maximum atomic E-state index is 15.6. The molecule has 1 aromatic rings. The van der Waals surface area contributed by atoms with E-state index in [0.29, 0.717) is 22.7 Å². The fourth-order valence-electron chi connectivity index (χ4n) is 9.45. The zero-order chi connectivity index (χ0) is 63.8. The average Bonchev–Trinajstić information content (AvgIpc) is 1.14. The molecular weight excluding hydrogens is 1170 g/mol. The lowest BCUT2D eigenvalue weighted by Gasteiger charge is -2.55. The number of esters is 10. The Balaban J connectivity index is 2.22. The summed E-state index contributed by atoms with van der Waals surface area (Å²) in [7, 11) is -0.895. The maximum Gasteiger partial charge on any atom is 0.368 e. The lowest BCUT2D eigenvalue weighted by atomic mass is 9.85. The van der Waals surface area contributed by atoms with Crippen molar-refractivity contribution in [2.45, 2.75) is 204 Å². The zero-order valence-electron chi connectivity index (χ0n) is 49.9. The number of amides is 2. The minimum atomic E-state index is -3.36. The van der Waals surface area contributed by atoms with E-state index in [9.17, 15) is 52.7 Å². The van der Waals surface area contributed by atoms with E-state index in [-0.39, 0.29) is 11.5 Å². The van der Waals surface area contributed by atoms with Gasteiger partial charge in [0.1, 0.15) is 55.0 Å². The normalized spacial score (nSPS) is 28.1. The van der Waals surface area contributed by atoms with Gasteiger partial charge in [-0.1, -0.05) is 37.8 Å². The van der Waals surface area contributed by atoms with E-state index in [1.54, 1.807) is 18.2 Å². The van der Waals surface area contributed by atoms with Crippen LogP contribution in [-0.2, 0) is 133 Å². The van der Waals surface area contributed by atoms with Gasteiger partial charge >= 0.3 is 59.7 Å². The predicted octanol–water partition coefficient (Wildman–Crippen LogP) is 2.03. The molecular formula is C54H75NO28SSi. The quantitative estimate of drug-likeness (QED) is 0.0768. The van der Waals surface area contributed by atoms with Crippen molar-refractivity contribution in [1.82, 2.24) is 4.90 Å². The minimum absolute atomic E-state index is 0.123. The van der Waals surface area contributed by atoms with Gasteiger partial charge in [-0.2, -0.15) is 0 Å². The van der Waals surface area contributed by atoms with Crippen molar-refractivity contribution in [3.8, 4) is 0 Å². The number of nitrogens with zero attached hydrogens (tertiary/aromatic N) is 1. The Kier molecular flexibility index (Phi) is 26.4. The molecule has 0 aromatic heterocycles.